The molecular formula is C18H26N2O3. The fourth-order valence-electron chi connectivity index (χ4n) is 3.84. The van der Waals surface area contributed by atoms with Gasteiger partial charge in [-0.25, -0.2) is 0 Å². The minimum atomic E-state index is 0.104. The molecule has 0 N–H and O–H groups in total. The maximum Gasteiger partial charge on any atom is 0.254 e. The quantitative estimate of drug-likeness (QED) is 0.835. The van der Waals surface area contributed by atoms with E-state index in [1.165, 1.54) is 0 Å². The van der Waals surface area contributed by atoms with Crippen LogP contribution in [0.2, 0.25) is 0 Å². The van der Waals surface area contributed by atoms with Gasteiger partial charge in [0.2, 0.25) is 0 Å². The topological polar surface area (TPSA) is 42.0 Å². The Morgan fingerprint density at radius 3 is 2.61 bits per heavy atom. The minimum Gasteiger partial charge on any atom is -0.496 e. The van der Waals surface area contributed by atoms with Gasteiger partial charge in [-0.15, -0.1) is 0 Å². The number of nitrogens with zero attached hydrogens (tertiary/aromatic N) is 2. The molecule has 0 saturated carbocycles. The number of morpholine rings is 1. The first-order chi connectivity index (χ1) is 11.0. The first-order valence-electron chi connectivity index (χ1n) is 8.27. The summed E-state index contributed by atoms with van der Waals surface area (Å²) in [4.78, 5) is 17.4. The van der Waals surface area contributed by atoms with Gasteiger partial charge in [-0.3, -0.25) is 4.79 Å². The van der Waals surface area contributed by atoms with E-state index >= 15 is 0 Å². The van der Waals surface area contributed by atoms with E-state index in [4.69, 9.17) is 9.47 Å². The van der Waals surface area contributed by atoms with E-state index in [9.17, 15) is 4.79 Å². The summed E-state index contributed by atoms with van der Waals surface area (Å²) in [7, 11) is 3.77. The first-order valence-corrected chi connectivity index (χ1v) is 8.27. The van der Waals surface area contributed by atoms with Crippen LogP contribution in [0.1, 0.15) is 27.9 Å². The molecule has 3 rings (SSSR count). The van der Waals surface area contributed by atoms with Crippen LogP contribution in [0.25, 0.3) is 0 Å². The smallest absolute Gasteiger partial charge is 0.254 e. The number of carbonyl (C=O) groups is 1. The van der Waals surface area contributed by atoms with Crippen LogP contribution < -0.4 is 4.74 Å². The van der Waals surface area contributed by atoms with E-state index < -0.39 is 0 Å². The normalized spacial score (nSPS) is 25.1. The van der Waals surface area contributed by atoms with E-state index in [1.54, 1.807) is 7.11 Å². The molecule has 0 spiro atoms. The van der Waals surface area contributed by atoms with Gasteiger partial charge in [0, 0.05) is 25.2 Å². The predicted octanol–water partition coefficient (Wildman–Crippen LogP) is 1.86. The second-order valence-corrected chi connectivity index (χ2v) is 6.67. The molecule has 0 radical (unpaired) electrons. The number of carbonyl (C=O) groups excluding carboxylic acids is 1. The zero-order chi connectivity index (χ0) is 16.6. The Kier molecular flexibility index (Phi) is 4.60. The van der Waals surface area contributed by atoms with Crippen molar-refractivity contribution in [2.24, 2.45) is 0 Å². The maximum atomic E-state index is 13.1. The molecule has 2 atom stereocenters. The number of methoxy groups -OCH3 is 1. The SMILES string of the molecule is COc1c(C)cc(C(=O)N2CCO[C@H]3CCN(C)C[C@H]32)cc1C. The molecule has 23 heavy (non-hydrogen) atoms. The van der Waals surface area contributed by atoms with Gasteiger partial charge in [-0.2, -0.15) is 0 Å². The van der Waals surface area contributed by atoms with Crippen molar-refractivity contribution in [2.45, 2.75) is 32.4 Å². The molecule has 126 valence electrons. The van der Waals surface area contributed by atoms with Gasteiger partial charge in [0.25, 0.3) is 5.91 Å². The largest absolute Gasteiger partial charge is 0.496 e. The summed E-state index contributed by atoms with van der Waals surface area (Å²) in [5.41, 5.74) is 2.75. The predicted molar refractivity (Wildman–Crippen MR) is 89.1 cm³/mol. The number of benzene rings is 1. The average molecular weight is 318 g/mol. The summed E-state index contributed by atoms with van der Waals surface area (Å²) in [6.45, 7) is 7.18. The molecule has 0 aromatic heterocycles. The average Bonchev–Trinajstić information content (AvgIpc) is 2.53. The highest BCUT2D eigenvalue weighted by Crippen LogP contribution is 2.28. The lowest BCUT2D eigenvalue weighted by molar-refractivity contribution is -0.0869. The van der Waals surface area contributed by atoms with E-state index in [-0.39, 0.29) is 18.1 Å². The van der Waals surface area contributed by atoms with Gasteiger partial charge in [0.05, 0.1) is 25.9 Å². The third kappa shape index (κ3) is 3.08. The number of piperidine rings is 1. The molecule has 2 fully saturated rings. The lowest BCUT2D eigenvalue weighted by Gasteiger charge is -2.46. The van der Waals surface area contributed by atoms with E-state index in [1.807, 2.05) is 30.9 Å². The molecule has 1 amide bonds. The van der Waals surface area contributed by atoms with Crippen LogP contribution in [0.5, 0.6) is 5.75 Å². The fourth-order valence-corrected chi connectivity index (χ4v) is 3.84. The van der Waals surface area contributed by atoms with Crippen molar-refractivity contribution < 1.29 is 14.3 Å². The number of fused-ring (bicyclic) bond motifs is 1. The lowest BCUT2D eigenvalue weighted by atomic mass is 9.97. The third-order valence-electron chi connectivity index (χ3n) is 4.96. The lowest BCUT2D eigenvalue weighted by Crippen LogP contribution is -2.60. The number of amides is 1. The van der Waals surface area contributed by atoms with Gasteiger partial charge in [-0.1, -0.05) is 0 Å². The van der Waals surface area contributed by atoms with Crippen LogP contribution in [-0.2, 0) is 4.74 Å². The highest BCUT2D eigenvalue weighted by Gasteiger charge is 2.38. The molecule has 2 heterocycles. The summed E-state index contributed by atoms with van der Waals surface area (Å²) >= 11 is 0. The van der Waals surface area contributed by atoms with Crippen LogP contribution in [-0.4, -0.2) is 68.3 Å². The van der Waals surface area contributed by atoms with Crippen molar-refractivity contribution in [2.75, 3.05) is 40.4 Å². The van der Waals surface area contributed by atoms with Gasteiger partial charge in [-0.05, 0) is 50.6 Å². The molecule has 2 saturated heterocycles. The third-order valence-corrected chi connectivity index (χ3v) is 4.96. The Labute approximate surface area is 138 Å². The van der Waals surface area contributed by atoms with E-state index in [0.717, 1.165) is 42.0 Å². The number of hydrogen-bond acceptors (Lipinski definition) is 4. The fraction of sp³-hybridized carbons (Fsp3) is 0.611. The molecule has 0 bridgehead atoms. The van der Waals surface area contributed by atoms with Crippen LogP contribution in [0, 0.1) is 13.8 Å². The van der Waals surface area contributed by atoms with Gasteiger partial charge >= 0.3 is 0 Å². The zero-order valence-electron chi connectivity index (χ0n) is 14.5. The summed E-state index contributed by atoms with van der Waals surface area (Å²) in [6, 6.07) is 4.02. The summed E-state index contributed by atoms with van der Waals surface area (Å²) in [5, 5.41) is 0. The Bertz CT molecular complexity index is 579. The molecule has 1 aromatic rings. The molecule has 2 aliphatic rings. The van der Waals surface area contributed by atoms with Crippen molar-refractivity contribution in [1.82, 2.24) is 9.80 Å². The molecular weight excluding hydrogens is 292 g/mol. The van der Waals surface area contributed by atoms with Crippen molar-refractivity contribution in [3.63, 3.8) is 0 Å². The monoisotopic (exact) mass is 318 g/mol. The van der Waals surface area contributed by atoms with Crippen molar-refractivity contribution >= 4 is 5.91 Å². The zero-order valence-corrected chi connectivity index (χ0v) is 14.5. The molecule has 0 unspecified atom stereocenters. The molecule has 2 aliphatic heterocycles. The van der Waals surface area contributed by atoms with Crippen LogP contribution >= 0.6 is 0 Å². The number of likely N-dealkylation sites (N-methyl/N-ethyl adjacent to an activating group) is 1. The molecule has 5 nitrogen and oxygen atoms in total. The maximum absolute atomic E-state index is 13.1. The number of ether oxygens (including phenoxy) is 2. The standard InChI is InChI=1S/C18H26N2O3/c1-12-9-14(10-13(2)17(12)22-4)18(21)20-7-8-23-16-5-6-19(3)11-15(16)20/h9-10,15-16H,5-8,11H2,1-4H3/t15-,16+/m1/s1. The van der Waals surface area contributed by atoms with Crippen molar-refractivity contribution in [1.29, 1.82) is 0 Å². The number of aryl methyl sites for hydroxylation is 2. The van der Waals surface area contributed by atoms with Gasteiger partial charge in [0.1, 0.15) is 5.75 Å². The molecule has 1 aromatic carbocycles. The molecule has 5 heteroatoms. The Balaban J connectivity index is 1.87. The number of hydrogen-bond donors (Lipinski definition) is 0. The highest BCUT2D eigenvalue weighted by molar-refractivity contribution is 5.95. The summed E-state index contributed by atoms with van der Waals surface area (Å²) in [5.74, 6) is 0.964. The van der Waals surface area contributed by atoms with Crippen LogP contribution in [0.15, 0.2) is 12.1 Å². The van der Waals surface area contributed by atoms with Crippen LogP contribution in [0.3, 0.4) is 0 Å². The Hall–Kier alpha value is -1.59. The summed E-state index contributed by atoms with van der Waals surface area (Å²) < 4.78 is 11.3. The second-order valence-electron chi connectivity index (χ2n) is 6.67. The van der Waals surface area contributed by atoms with Gasteiger partial charge < -0.3 is 19.3 Å². The van der Waals surface area contributed by atoms with E-state index in [2.05, 4.69) is 11.9 Å². The number of rotatable bonds is 2. The van der Waals surface area contributed by atoms with Gasteiger partial charge in [0.15, 0.2) is 0 Å². The first kappa shape index (κ1) is 16.3. The molecule has 0 aliphatic carbocycles. The van der Waals surface area contributed by atoms with E-state index in [0.29, 0.717) is 13.2 Å². The second kappa shape index (κ2) is 6.49. The van der Waals surface area contributed by atoms with Crippen molar-refractivity contribution in [3.8, 4) is 5.75 Å². The summed E-state index contributed by atoms with van der Waals surface area (Å²) in [6.07, 6.45) is 1.16. The van der Waals surface area contributed by atoms with Crippen molar-refractivity contribution in [3.05, 3.63) is 28.8 Å². The minimum absolute atomic E-state index is 0.104. The highest BCUT2D eigenvalue weighted by atomic mass is 16.5. The number of likely N-dealkylation sites (tertiary alicyclic amines) is 1. The van der Waals surface area contributed by atoms with Crippen LogP contribution in [0.4, 0.5) is 0 Å². The Morgan fingerprint density at radius 1 is 1.26 bits per heavy atom. The Morgan fingerprint density at radius 2 is 1.96 bits per heavy atom.